The van der Waals surface area contributed by atoms with Gasteiger partial charge >= 0.3 is 18.9 Å². The van der Waals surface area contributed by atoms with E-state index in [1.807, 2.05) is 110 Å². The van der Waals surface area contributed by atoms with Crippen molar-refractivity contribution in [1.29, 1.82) is 0 Å². The first-order chi connectivity index (χ1) is 18.6. The molecule has 188 valence electrons. The molecule has 0 aliphatic rings. The maximum Gasteiger partial charge on any atom is 1.00 e. The third-order valence-electron chi connectivity index (χ3n) is 5.65. The fourth-order valence-corrected chi connectivity index (χ4v) is 5.42. The van der Waals surface area contributed by atoms with Crippen LogP contribution >= 0.6 is 20.2 Å². The van der Waals surface area contributed by atoms with Crippen LogP contribution in [0, 0.1) is 6.92 Å². The summed E-state index contributed by atoms with van der Waals surface area (Å²) in [7, 11) is -0.315. The number of benzene rings is 5. The van der Waals surface area contributed by atoms with E-state index in [0.29, 0.717) is 50.4 Å². The van der Waals surface area contributed by atoms with Crippen LogP contribution in [-0.4, -0.2) is 5.52 Å². The summed E-state index contributed by atoms with van der Waals surface area (Å²) in [5.74, 6) is 3.37. The molecule has 0 N–H and O–H groups in total. The Morgan fingerprint density at radius 2 is 1.08 bits per heavy atom. The second kappa shape index (κ2) is 13.5. The minimum atomic E-state index is -0.315. The Kier molecular flexibility index (Phi) is 9.88. The van der Waals surface area contributed by atoms with Crippen molar-refractivity contribution in [2.45, 2.75) is 6.92 Å². The molecule has 7 heteroatoms. The van der Waals surface area contributed by atoms with Crippen molar-refractivity contribution in [2.24, 2.45) is 0 Å². The molecule has 0 heterocycles. The Morgan fingerprint density at radius 1 is 0.615 bits per heavy atom. The Bertz CT molecular complexity index is 1460. The summed E-state index contributed by atoms with van der Waals surface area (Å²) in [5, 5.41) is 1.03. The van der Waals surface area contributed by atoms with Crippen molar-refractivity contribution in [2.75, 3.05) is 0 Å². The predicted molar refractivity (Wildman–Crippen MR) is 154 cm³/mol. The summed E-state index contributed by atoms with van der Waals surface area (Å²) in [5.41, 5.74) is 1.20. The van der Waals surface area contributed by atoms with Gasteiger partial charge in [-0.2, -0.15) is 0 Å². The minimum Gasteiger partial charge on any atom is -0.457 e. The van der Waals surface area contributed by atoms with E-state index in [4.69, 9.17) is 25.8 Å². The molecule has 4 nitrogen and oxygen atoms in total. The van der Waals surface area contributed by atoms with E-state index >= 15 is 0 Å². The summed E-state index contributed by atoms with van der Waals surface area (Å²) in [6.07, 6.45) is 0. The molecule has 0 aliphatic carbocycles. The monoisotopic (exact) mass is 545 g/mol. The zero-order valence-electron chi connectivity index (χ0n) is 21.6. The van der Waals surface area contributed by atoms with E-state index in [9.17, 15) is 4.79 Å². The van der Waals surface area contributed by atoms with Crippen molar-refractivity contribution in [3.8, 4) is 34.5 Å². The molecule has 5 aromatic carbocycles. The van der Waals surface area contributed by atoms with Crippen LogP contribution in [0.3, 0.4) is 0 Å². The first kappa shape index (κ1) is 28.5. The van der Waals surface area contributed by atoms with Crippen LogP contribution in [-0.2, 0) is 0 Å². The van der Waals surface area contributed by atoms with Gasteiger partial charge in [0.25, 0.3) is 0 Å². The average Bonchev–Trinajstić information content (AvgIpc) is 2.92. The van der Waals surface area contributed by atoms with Gasteiger partial charge in [0, 0.05) is 17.7 Å². The summed E-state index contributed by atoms with van der Waals surface area (Å²) in [4.78, 5) is 13.6. The molecule has 39 heavy (non-hydrogen) atoms. The zero-order chi connectivity index (χ0) is 26.3. The molecule has 0 saturated carbocycles. The van der Waals surface area contributed by atoms with Gasteiger partial charge in [-0.1, -0.05) is 78.3 Å². The molecule has 5 aromatic rings. The molecule has 0 fully saturated rings. The smallest absolute Gasteiger partial charge is 0.457 e. The Labute approximate surface area is 246 Å². The van der Waals surface area contributed by atoms with Gasteiger partial charge in [0.1, 0.15) is 34.5 Å². The van der Waals surface area contributed by atoms with E-state index in [-0.39, 0.29) is 33.0 Å². The number of halogens is 1. The number of carbonyl (C=O) groups excluding carboxylic acids is 1. The molecule has 0 bridgehead atoms. The van der Waals surface area contributed by atoms with Crippen molar-refractivity contribution in [3.05, 3.63) is 137 Å². The van der Waals surface area contributed by atoms with Crippen LogP contribution < -0.4 is 38.4 Å². The van der Waals surface area contributed by atoms with Crippen LogP contribution in [0.25, 0.3) is 0 Å². The fourth-order valence-electron chi connectivity index (χ4n) is 3.86. The number of para-hydroxylation sites is 3. The third kappa shape index (κ3) is 7.33. The minimum absolute atomic E-state index is 0. The Hall–Kier alpha value is -3.51. The van der Waals surface area contributed by atoms with E-state index in [1.54, 1.807) is 18.2 Å². The zero-order valence-corrected chi connectivity index (χ0v) is 23.3. The van der Waals surface area contributed by atoms with E-state index in [0.717, 1.165) is 5.56 Å². The normalized spacial score (nSPS) is 10.6. The first-order valence-electron chi connectivity index (χ1n) is 12.0. The fraction of sp³-hybridized carbons (Fsp3) is 0.0312. The van der Waals surface area contributed by atoms with Crippen molar-refractivity contribution in [1.82, 2.24) is 0 Å². The maximum absolute atomic E-state index is 13.6. The van der Waals surface area contributed by atoms with Crippen LogP contribution in [0.2, 0.25) is 5.02 Å². The molecule has 0 aliphatic heterocycles. The molecule has 0 radical (unpaired) electrons. The summed E-state index contributed by atoms with van der Waals surface area (Å²) in [6.45, 7) is 1.88. The van der Waals surface area contributed by atoms with Crippen molar-refractivity contribution in [3.63, 3.8) is 0 Å². The molecule has 5 rings (SSSR count). The summed E-state index contributed by atoms with van der Waals surface area (Å²) < 4.78 is 18.8. The number of aryl methyl sites for hydroxylation is 1. The number of hydrogen-bond acceptors (Lipinski definition) is 4. The average molecular weight is 546 g/mol. The largest absolute Gasteiger partial charge is 1.00 e. The van der Waals surface area contributed by atoms with Gasteiger partial charge in [0.05, 0.1) is 10.3 Å². The second-order valence-corrected chi connectivity index (χ2v) is 10.0. The van der Waals surface area contributed by atoms with Gasteiger partial charge in [0.15, 0.2) is 5.52 Å². The molecule has 0 amide bonds. The van der Waals surface area contributed by atoms with Crippen LogP contribution in [0.4, 0.5) is 0 Å². The molecule has 0 spiro atoms. The SMILES string of the molecule is Cc1cccc(Cl)c1C(=O)Pc1c(Oc2ccccc2)cc(Oc2ccccc2)cc1Oc1ccccc1.[Li+]. The third-order valence-corrected chi connectivity index (χ3v) is 7.18. The van der Waals surface area contributed by atoms with E-state index in [2.05, 4.69) is 0 Å². The molecule has 0 aromatic heterocycles. The number of carbonyl (C=O) groups is 1. The maximum atomic E-state index is 13.6. The van der Waals surface area contributed by atoms with Crippen LogP contribution in [0.1, 0.15) is 15.9 Å². The second-order valence-electron chi connectivity index (χ2n) is 8.43. The van der Waals surface area contributed by atoms with Crippen molar-refractivity contribution < 1.29 is 37.9 Å². The quantitative estimate of drug-likeness (QED) is 0.164. The molecule has 0 saturated heterocycles. The standard InChI is InChI=1S/C32H24ClO4P.Li/c1-22-12-11-19-27(33)30(22)32(34)38-31-28(36-24-15-7-3-8-16-24)20-26(35-23-13-5-2-6-14-23)21-29(31)37-25-17-9-4-10-18-25;/h2-21,38H,1H3;/q;+1. The van der Waals surface area contributed by atoms with Gasteiger partial charge < -0.3 is 14.2 Å². The van der Waals surface area contributed by atoms with Gasteiger partial charge in [-0.25, -0.2) is 0 Å². The Balaban J connectivity index is 0.00000353. The van der Waals surface area contributed by atoms with Gasteiger partial charge in [-0.3, -0.25) is 4.79 Å². The number of ether oxygens (including phenoxy) is 3. The number of rotatable bonds is 9. The van der Waals surface area contributed by atoms with Crippen LogP contribution in [0.15, 0.2) is 121 Å². The number of hydrogen-bond donors (Lipinski definition) is 0. The van der Waals surface area contributed by atoms with Gasteiger partial charge in [0.2, 0.25) is 0 Å². The first-order valence-corrected chi connectivity index (χ1v) is 13.4. The van der Waals surface area contributed by atoms with Gasteiger partial charge in [-0.05, 0) is 63.5 Å². The van der Waals surface area contributed by atoms with E-state index < -0.39 is 0 Å². The van der Waals surface area contributed by atoms with Crippen LogP contribution in [0.5, 0.6) is 34.5 Å². The van der Waals surface area contributed by atoms with E-state index in [1.165, 1.54) is 0 Å². The molecular weight excluding hydrogens is 522 g/mol. The Morgan fingerprint density at radius 3 is 1.54 bits per heavy atom. The molecular formula is C32H24ClLiO4P+. The van der Waals surface area contributed by atoms with Crippen molar-refractivity contribution >= 4 is 31.0 Å². The van der Waals surface area contributed by atoms with Gasteiger partial charge in [-0.15, -0.1) is 0 Å². The molecule has 1 unspecified atom stereocenters. The summed E-state index contributed by atoms with van der Waals surface area (Å²) >= 11 is 6.45. The molecule has 1 atom stereocenters. The predicted octanol–water partition coefficient (Wildman–Crippen LogP) is 6.17. The summed E-state index contributed by atoms with van der Waals surface area (Å²) in [6, 6.07) is 37.3. The topological polar surface area (TPSA) is 44.8 Å².